The first-order chi connectivity index (χ1) is 14.7. The Balaban J connectivity index is 1.53. The predicted octanol–water partition coefficient (Wildman–Crippen LogP) is 4.33. The van der Waals surface area contributed by atoms with Crippen LogP contribution in [0.15, 0.2) is 60.9 Å². The van der Waals surface area contributed by atoms with Crippen LogP contribution in [0.2, 0.25) is 0 Å². The van der Waals surface area contributed by atoms with Crippen molar-refractivity contribution in [3.05, 3.63) is 77.7 Å². The summed E-state index contributed by atoms with van der Waals surface area (Å²) in [6, 6.07) is 15.7. The van der Waals surface area contributed by atoms with E-state index < -0.39 is 0 Å². The number of fused-ring (bicyclic) bond motifs is 2. The lowest BCUT2D eigenvalue weighted by atomic mass is 9.82. The van der Waals surface area contributed by atoms with Crippen LogP contribution in [0, 0.1) is 0 Å². The Morgan fingerprint density at radius 1 is 0.900 bits per heavy atom. The van der Waals surface area contributed by atoms with E-state index in [0.717, 1.165) is 46.0 Å². The number of ether oxygens (including phenoxy) is 2. The van der Waals surface area contributed by atoms with Gasteiger partial charge in [0, 0.05) is 18.2 Å². The van der Waals surface area contributed by atoms with Gasteiger partial charge in [0.15, 0.2) is 11.4 Å². The van der Waals surface area contributed by atoms with Gasteiger partial charge in [-0.25, -0.2) is 9.50 Å². The van der Waals surface area contributed by atoms with Crippen LogP contribution < -0.4 is 9.47 Å². The smallest absolute Gasteiger partial charge is 0.166 e. The lowest BCUT2D eigenvalue weighted by Gasteiger charge is -2.23. The van der Waals surface area contributed by atoms with Gasteiger partial charge in [-0.05, 0) is 47.7 Å². The Kier molecular flexibility index (Phi) is 4.47. The van der Waals surface area contributed by atoms with Gasteiger partial charge in [0.1, 0.15) is 11.5 Å². The first-order valence-corrected chi connectivity index (χ1v) is 9.85. The fourth-order valence-electron chi connectivity index (χ4n) is 4.06. The average Bonchev–Trinajstić information content (AvgIpc) is 3.21. The number of ketones is 1. The van der Waals surface area contributed by atoms with Gasteiger partial charge in [-0.1, -0.05) is 24.3 Å². The Labute approximate surface area is 174 Å². The molecule has 0 N–H and O–H groups in total. The number of carbonyl (C=O) groups is 1. The van der Waals surface area contributed by atoms with E-state index in [9.17, 15) is 4.79 Å². The molecule has 0 saturated carbocycles. The number of nitrogens with zero attached hydrogens (tertiary/aromatic N) is 3. The molecular formula is C24H21N3O3. The molecule has 6 heteroatoms. The molecule has 5 rings (SSSR count). The third-order valence-electron chi connectivity index (χ3n) is 5.73. The molecule has 0 saturated heterocycles. The average molecular weight is 399 g/mol. The largest absolute Gasteiger partial charge is 0.497 e. The first-order valence-electron chi connectivity index (χ1n) is 9.85. The van der Waals surface area contributed by atoms with Crippen molar-refractivity contribution in [2.24, 2.45) is 0 Å². The predicted molar refractivity (Wildman–Crippen MR) is 113 cm³/mol. The number of methoxy groups -OCH3 is 2. The Morgan fingerprint density at radius 3 is 2.23 bits per heavy atom. The second-order valence-corrected chi connectivity index (χ2v) is 7.46. The molecule has 0 spiro atoms. The van der Waals surface area contributed by atoms with Crippen molar-refractivity contribution >= 4 is 11.4 Å². The summed E-state index contributed by atoms with van der Waals surface area (Å²) in [5, 5.41) is 4.43. The van der Waals surface area contributed by atoms with Crippen molar-refractivity contribution < 1.29 is 14.3 Å². The molecule has 0 aliphatic heterocycles. The molecule has 0 bridgehead atoms. The molecule has 0 fully saturated rings. The molecule has 2 aromatic carbocycles. The fourth-order valence-corrected chi connectivity index (χ4v) is 4.06. The van der Waals surface area contributed by atoms with Crippen LogP contribution in [-0.2, 0) is 6.42 Å². The SMILES string of the molecule is COc1ccc(-c2cnn3cc4c(nc23)CC(c2ccc(OC)cc2)CC4=O)cc1. The van der Waals surface area contributed by atoms with E-state index in [2.05, 4.69) is 5.10 Å². The molecular weight excluding hydrogens is 378 g/mol. The van der Waals surface area contributed by atoms with Crippen molar-refractivity contribution in [1.29, 1.82) is 0 Å². The third-order valence-corrected chi connectivity index (χ3v) is 5.73. The zero-order chi connectivity index (χ0) is 20.7. The lowest BCUT2D eigenvalue weighted by molar-refractivity contribution is 0.0962. The van der Waals surface area contributed by atoms with Gasteiger partial charge in [0.2, 0.25) is 0 Å². The summed E-state index contributed by atoms with van der Waals surface area (Å²) in [4.78, 5) is 17.7. The molecule has 2 aromatic heterocycles. The summed E-state index contributed by atoms with van der Waals surface area (Å²) >= 11 is 0. The number of hydrogen-bond donors (Lipinski definition) is 0. The van der Waals surface area contributed by atoms with Gasteiger partial charge in [-0.15, -0.1) is 0 Å². The Hall–Kier alpha value is -3.67. The molecule has 1 atom stereocenters. The minimum atomic E-state index is 0.105. The second-order valence-electron chi connectivity index (χ2n) is 7.46. The number of Topliss-reactive ketones (excluding diaryl/α,β-unsaturated/α-hetero) is 1. The zero-order valence-corrected chi connectivity index (χ0v) is 16.8. The second kappa shape index (κ2) is 7.30. The topological polar surface area (TPSA) is 65.7 Å². The highest BCUT2D eigenvalue weighted by Crippen LogP contribution is 2.34. The number of benzene rings is 2. The molecule has 4 aromatic rings. The summed E-state index contributed by atoms with van der Waals surface area (Å²) in [6.07, 6.45) is 4.80. The summed E-state index contributed by atoms with van der Waals surface area (Å²) in [5.74, 6) is 1.82. The van der Waals surface area contributed by atoms with Crippen LogP contribution in [0.1, 0.15) is 34.0 Å². The molecule has 150 valence electrons. The highest BCUT2D eigenvalue weighted by molar-refractivity contribution is 5.99. The first kappa shape index (κ1) is 18.4. The molecule has 30 heavy (non-hydrogen) atoms. The number of aromatic nitrogens is 3. The van der Waals surface area contributed by atoms with Crippen molar-refractivity contribution in [2.45, 2.75) is 18.8 Å². The van der Waals surface area contributed by atoms with Gasteiger partial charge in [-0.2, -0.15) is 5.10 Å². The standard InChI is InChI=1S/C24H21N3O3/c1-29-18-7-3-15(4-8-18)17-11-22-21(23(28)12-17)14-27-24(26-22)20(13-25-27)16-5-9-19(30-2)10-6-16/h3-10,13-14,17H,11-12H2,1-2H3. The Bertz CT molecular complexity index is 1230. The van der Waals surface area contributed by atoms with Crippen molar-refractivity contribution in [1.82, 2.24) is 14.6 Å². The number of hydrogen-bond acceptors (Lipinski definition) is 5. The van der Waals surface area contributed by atoms with E-state index >= 15 is 0 Å². The molecule has 6 nitrogen and oxygen atoms in total. The van der Waals surface area contributed by atoms with Crippen LogP contribution in [-0.4, -0.2) is 34.6 Å². The van der Waals surface area contributed by atoms with E-state index in [1.165, 1.54) is 0 Å². The van der Waals surface area contributed by atoms with Crippen molar-refractivity contribution in [2.75, 3.05) is 14.2 Å². The van der Waals surface area contributed by atoms with Gasteiger partial charge in [0.25, 0.3) is 0 Å². The van der Waals surface area contributed by atoms with E-state index in [4.69, 9.17) is 14.5 Å². The fraction of sp³-hybridized carbons (Fsp3) is 0.208. The van der Waals surface area contributed by atoms with Gasteiger partial charge in [-0.3, -0.25) is 4.79 Å². The summed E-state index contributed by atoms with van der Waals surface area (Å²) in [7, 11) is 3.30. The quantitative estimate of drug-likeness (QED) is 0.511. The number of rotatable bonds is 4. The maximum absolute atomic E-state index is 12.9. The van der Waals surface area contributed by atoms with E-state index in [-0.39, 0.29) is 11.7 Å². The summed E-state index contributed by atoms with van der Waals surface area (Å²) < 4.78 is 12.2. The molecule has 2 heterocycles. The van der Waals surface area contributed by atoms with E-state index in [1.54, 1.807) is 24.9 Å². The summed E-state index contributed by atoms with van der Waals surface area (Å²) in [5.41, 5.74) is 5.31. The third kappa shape index (κ3) is 3.10. The minimum Gasteiger partial charge on any atom is -0.497 e. The van der Waals surface area contributed by atoms with Gasteiger partial charge >= 0.3 is 0 Å². The molecule has 0 radical (unpaired) electrons. The van der Waals surface area contributed by atoms with E-state index in [0.29, 0.717) is 12.0 Å². The lowest BCUT2D eigenvalue weighted by Crippen LogP contribution is -2.21. The molecule has 1 aliphatic rings. The molecule has 0 amide bonds. The van der Waals surface area contributed by atoms with Crippen molar-refractivity contribution in [3.63, 3.8) is 0 Å². The highest BCUT2D eigenvalue weighted by atomic mass is 16.5. The van der Waals surface area contributed by atoms with Crippen LogP contribution in [0.5, 0.6) is 11.5 Å². The monoisotopic (exact) mass is 399 g/mol. The normalized spacial score (nSPS) is 15.8. The highest BCUT2D eigenvalue weighted by Gasteiger charge is 2.28. The van der Waals surface area contributed by atoms with Crippen LogP contribution in [0.25, 0.3) is 16.8 Å². The van der Waals surface area contributed by atoms with Gasteiger partial charge in [0.05, 0.1) is 31.7 Å². The maximum atomic E-state index is 12.9. The van der Waals surface area contributed by atoms with Gasteiger partial charge < -0.3 is 9.47 Å². The van der Waals surface area contributed by atoms with Crippen LogP contribution >= 0.6 is 0 Å². The molecule has 1 unspecified atom stereocenters. The Morgan fingerprint density at radius 2 is 1.57 bits per heavy atom. The summed E-state index contributed by atoms with van der Waals surface area (Å²) in [6.45, 7) is 0. The van der Waals surface area contributed by atoms with Crippen LogP contribution in [0.3, 0.4) is 0 Å². The van der Waals surface area contributed by atoms with Crippen molar-refractivity contribution in [3.8, 4) is 22.6 Å². The molecule has 1 aliphatic carbocycles. The van der Waals surface area contributed by atoms with E-state index in [1.807, 2.05) is 54.7 Å². The maximum Gasteiger partial charge on any atom is 0.166 e. The van der Waals surface area contributed by atoms with Crippen LogP contribution in [0.4, 0.5) is 0 Å². The number of carbonyl (C=O) groups excluding carboxylic acids is 1. The minimum absolute atomic E-state index is 0.105. The zero-order valence-electron chi connectivity index (χ0n) is 16.8.